The highest BCUT2D eigenvalue weighted by atomic mass is 32.1. The van der Waals surface area contributed by atoms with Crippen molar-refractivity contribution in [2.24, 2.45) is 11.5 Å². The van der Waals surface area contributed by atoms with Gasteiger partial charge in [0.1, 0.15) is 11.5 Å². The van der Waals surface area contributed by atoms with Crippen molar-refractivity contribution in [1.82, 2.24) is 4.57 Å². The molecule has 0 saturated heterocycles. The molecule has 5 heteroatoms. The fourth-order valence-corrected chi connectivity index (χ4v) is 1.79. The smallest absolute Gasteiger partial charge is 0.237 e. The molecule has 1 aromatic carbocycles. The van der Waals surface area contributed by atoms with Gasteiger partial charge in [0.15, 0.2) is 0 Å². The summed E-state index contributed by atoms with van der Waals surface area (Å²) in [4.78, 5) is 11.2. The average molecular weight is 233 g/mol. The van der Waals surface area contributed by atoms with Gasteiger partial charge in [0, 0.05) is 22.7 Å². The van der Waals surface area contributed by atoms with Crippen LogP contribution in [0.3, 0.4) is 0 Å². The van der Waals surface area contributed by atoms with E-state index in [4.69, 9.17) is 23.7 Å². The van der Waals surface area contributed by atoms with Crippen LogP contribution in [0.1, 0.15) is 5.56 Å². The minimum Gasteiger partial charge on any atom is -0.389 e. The van der Waals surface area contributed by atoms with Gasteiger partial charge in [-0.25, -0.2) is 0 Å². The molecule has 0 radical (unpaired) electrons. The van der Waals surface area contributed by atoms with E-state index in [1.54, 1.807) is 4.57 Å². The predicted octanol–water partition coefficient (Wildman–Crippen LogP) is 0.761. The van der Waals surface area contributed by atoms with Crippen molar-refractivity contribution in [3.05, 3.63) is 36.0 Å². The first-order valence-electron chi connectivity index (χ1n) is 4.75. The lowest BCUT2D eigenvalue weighted by molar-refractivity contribution is -0.118. The fraction of sp³-hybridized carbons (Fsp3) is 0.0909. The number of primary amides is 1. The number of fused-ring (bicyclic) bond motifs is 1. The molecular formula is C11H11N3OS. The van der Waals surface area contributed by atoms with E-state index in [9.17, 15) is 4.79 Å². The van der Waals surface area contributed by atoms with Gasteiger partial charge in [-0.1, -0.05) is 12.2 Å². The van der Waals surface area contributed by atoms with Crippen LogP contribution in [0.15, 0.2) is 30.5 Å². The maximum atomic E-state index is 10.8. The highest BCUT2D eigenvalue weighted by Crippen LogP contribution is 2.17. The van der Waals surface area contributed by atoms with Crippen LogP contribution in [-0.2, 0) is 11.3 Å². The fourth-order valence-electron chi connectivity index (χ4n) is 1.66. The van der Waals surface area contributed by atoms with Gasteiger partial charge in [-0.2, -0.15) is 0 Å². The van der Waals surface area contributed by atoms with Crippen molar-refractivity contribution in [3.8, 4) is 0 Å². The highest BCUT2D eigenvalue weighted by molar-refractivity contribution is 7.80. The van der Waals surface area contributed by atoms with E-state index in [1.165, 1.54) is 0 Å². The van der Waals surface area contributed by atoms with Crippen molar-refractivity contribution < 1.29 is 4.79 Å². The number of aromatic nitrogens is 1. The standard InChI is InChI=1S/C11H11N3OS/c12-10(15)6-14-4-3-7-5-8(11(13)16)1-2-9(7)14/h1-5H,6H2,(H2,12,15)(H2,13,16). The van der Waals surface area contributed by atoms with E-state index < -0.39 is 0 Å². The lowest BCUT2D eigenvalue weighted by atomic mass is 10.1. The molecule has 0 aliphatic carbocycles. The third kappa shape index (κ3) is 1.90. The maximum absolute atomic E-state index is 10.8. The van der Waals surface area contributed by atoms with Crippen LogP contribution in [-0.4, -0.2) is 15.5 Å². The Morgan fingerprint density at radius 1 is 1.31 bits per heavy atom. The van der Waals surface area contributed by atoms with E-state index >= 15 is 0 Å². The van der Waals surface area contributed by atoms with E-state index in [0.717, 1.165) is 16.5 Å². The molecule has 4 N–H and O–H groups in total. The van der Waals surface area contributed by atoms with E-state index in [2.05, 4.69) is 0 Å². The maximum Gasteiger partial charge on any atom is 0.237 e. The molecule has 1 amide bonds. The summed E-state index contributed by atoms with van der Waals surface area (Å²) in [6.07, 6.45) is 1.82. The molecule has 0 saturated carbocycles. The SMILES string of the molecule is NC(=O)Cn1ccc2cc(C(N)=S)ccc21. The quantitative estimate of drug-likeness (QED) is 0.769. The number of carbonyl (C=O) groups is 1. The Bertz CT molecular complexity index is 574. The average Bonchev–Trinajstić information content (AvgIpc) is 2.60. The number of nitrogens with two attached hydrogens (primary N) is 2. The van der Waals surface area contributed by atoms with Gasteiger partial charge in [0.05, 0.1) is 0 Å². The minimum atomic E-state index is -0.365. The first-order valence-corrected chi connectivity index (χ1v) is 5.16. The molecule has 2 aromatic rings. The second-order valence-corrected chi connectivity index (χ2v) is 3.99. The van der Waals surface area contributed by atoms with Crippen LogP contribution in [0, 0.1) is 0 Å². The van der Waals surface area contributed by atoms with Crippen LogP contribution in [0.25, 0.3) is 10.9 Å². The molecule has 0 spiro atoms. The van der Waals surface area contributed by atoms with Gasteiger partial charge in [0.25, 0.3) is 0 Å². The van der Waals surface area contributed by atoms with Gasteiger partial charge < -0.3 is 16.0 Å². The van der Waals surface area contributed by atoms with Crippen LogP contribution in [0.4, 0.5) is 0 Å². The molecular weight excluding hydrogens is 222 g/mol. The number of hydrogen-bond donors (Lipinski definition) is 2. The van der Waals surface area contributed by atoms with Crippen LogP contribution in [0.5, 0.6) is 0 Å². The molecule has 1 aromatic heterocycles. The molecule has 0 atom stereocenters. The number of rotatable bonds is 3. The Kier molecular flexibility index (Phi) is 2.62. The first-order chi connectivity index (χ1) is 7.58. The normalized spacial score (nSPS) is 10.5. The van der Waals surface area contributed by atoms with E-state index in [-0.39, 0.29) is 12.5 Å². The number of thiocarbonyl (C=S) groups is 1. The summed E-state index contributed by atoms with van der Waals surface area (Å²) >= 11 is 4.90. The summed E-state index contributed by atoms with van der Waals surface area (Å²) < 4.78 is 1.79. The van der Waals surface area contributed by atoms with E-state index in [0.29, 0.717) is 4.99 Å². The zero-order valence-electron chi connectivity index (χ0n) is 8.51. The van der Waals surface area contributed by atoms with Crippen LogP contribution >= 0.6 is 12.2 Å². The molecule has 0 bridgehead atoms. The van der Waals surface area contributed by atoms with Gasteiger partial charge >= 0.3 is 0 Å². The summed E-state index contributed by atoms with van der Waals surface area (Å²) in [6, 6.07) is 7.52. The Balaban J connectivity index is 2.50. The van der Waals surface area contributed by atoms with Gasteiger partial charge in [-0.15, -0.1) is 0 Å². The Morgan fingerprint density at radius 2 is 2.06 bits per heavy atom. The summed E-state index contributed by atoms with van der Waals surface area (Å²) in [5.41, 5.74) is 12.5. The molecule has 0 aliphatic rings. The summed E-state index contributed by atoms with van der Waals surface area (Å²) in [7, 11) is 0. The summed E-state index contributed by atoms with van der Waals surface area (Å²) in [6.45, 7) is 0.177. The van der Waals surface area contributed by atoms with Crippen LogP contribution in [0.2, 0.25) is 0 Å². The van der Waals surface area contributed by atoms with Crippen molar-refractivity contribution in [1.29, 1.82) is 0 Å². The lowest BCUT2D eigenvalue weighted by Gasteiger charge is -2.03. The van der Waals surface area contributed by atoms with Gasteiger partial charge in [-0.05, 0) is 24.3 Å². The Hall–Kier alpha value is -1.88. The third-order valence-electron chi connectivity index (χ3n) is 2.38. The highest BCUT2D eigenvalue weighted by Gasteiger charge is 2.05. The molecule has 4 nitrogen and oxygen atoms in total. The monoisotopic (exact) mass is 233 g/mol. The van der Waals surface area contributed by atoms with Crippen molar-refractivity contribution in [2.75, 3.05) is 0 Å². The zero-order valence-corrected chi connectivity index (χ0v) is 9.33. The first kappa shape index (κ1) is 10.6. The minimum absolute atomic E-state index is 0.177. The second-order valence-electron chi connectivity index (χ2n) is 3.55. The number of nitrogens with zero attached hydrogens (tertiary/aromatic N) is 1. The number of benzene rings is 1. The predicted molar refractivity (Wildman–Crippen MR) is 67.0 cm³/mol. The van der Waals surface area contributed by atoms with Gasteiger partial charge in [-0.3, -0.25) is 4.79 Å². The molecule has 0 aliphatic heterocycles. The second kappa shape index (κ2) is 3.94. The molecule has 0 fully saturated rings. The third-order valence-corrected chi connectivity index (χ3v) is 2.62. The molecule has 0 unspecified atom stereocenters. The Morgan fingerprint density at radius 3 is 2.69 bits per heavy atom. The molecule has 82 valence electrons. The zero-order chi connectivity index (χ0) is 11.7. The molecule has 2 rings (SSSR count). The summed E-state index contributed by atoms with van der Waals surface area (Å²) in [5, 5.41) is 0.992. The number of amides is 1. The van der Waals surface area contributed by atoms with Crippen LogP contribution < -0.4 is 11.5 Å². The van der Waals surface area contributed by atoms with E-state index in [1.807, 2.05) is 30.5 Å². The molecule has 1 heterocycles. The number of carbonyl (C=O) groups excluding carboxylic acids is 1. The largest absolute Gasteiger partial charge is 0.389 e. The van der Waals surface area contributed by atoms with Crippen molar-refractivity contribution in [3.63, 3.8) is 0 Å². The number of hydrogen-bond acceptors (Lipinski definition) is 2. The summed E-state index contributed by atoms with van der Waals surface area (Å²) in [5.74, 6) is -0.365. The lowest BCUT2D eigenvalue weighted by Crippen LogP contribution is -2.17. The molecule has 16 heavy (non-hydrogen) atoms. The van der Waals surface area contributed by atoms with Gasteiger partial charge in [0.2, 0.25) is 5.91 Å². The van der Waals surface area contributed by atoms with Crippen molar-refractivity contribution in [2.45, 2.75) is 6.54 Å². The Labute approximate surface area is 97.8 Å². The van der Waals surface area contributed by atoms with Crippen molar-refractivity contribution >= 4 is 34.0 Å². The topological polar surface area (TPSA) is 74.0 Å².